The van der Waals surface area contributed by atoms with Gasteiger partial charge >= 0.3 is 0 Å². The molecule has 2 heterocycles. The molecule has 3 nitrogen and oxygen atoms in total. The van der Waals surface area contributed by atoms with Gasteiger partial charge in [0.05, 0.1) is 6.54 Å². The molecule has 1 aliphatic heterocycles. The summed E-state index contributed by atoms with van der Waals surface area (Å²) in [6.45, 7) is 4.05. The molecule has 0 amide bonds. The Kier molecular flexibility index (Phi) is 9.50. The maximum absolute atomic E-state index is 6.03. The van der Waals surface area contributed by atoms with Gasteiger partial charge in [0.1, 0.15) is 11.5 Å². The number of benzene rings is 1. The summed E-state index contributed by atoms with van der Waals surface area (Å²) < 4.78 is 5.88. The van der Waals surface area contributed by atoms with E-state index in [0.29, 0.717) is 10.0 Å². The summed E-state index contributed by atoms with van der Waals surface area (Å²) in [5, 5.41) is 8.10. The molecule has 0 saturated carbocycles. The number of furan rings is 1. The average molecular weight is 412 g/mol. The molecule has 134 valence electrons. The fourth-order valence-corrected chi connectivity index (χ4v) is 3.34. The lowest BCUT2D eigenvalue weighted by atomic mass is 9.98. The molecule has 2 N–H and O–H groups in total. The van der Waals surface area contributed by atoms with E-state index in [2.05, 4.69) is 10.6 Å². The lowest BCUT2D eigenvalue weighted by molar-refractivity contribution is 0.350. The van der Waals surface area contributed by atoms with Crippen molar-refractivity contribution in [3.63, 3.8) is 0 Å². The number of hydrogen-bond acceptors (Lipinski definition) is 3. The van der Waals surface area contributed by atoms with Crippen LogP contribution in [0.5, 0.6) is 0 Å². The topological polar surface area (TPSA) is 37.2 Å². The SMILES string of the molecule is Cl.Cl.Clc1cc(Cl)cc(-c2ccc(CNCC3CCNCC3)o2)c1. The molecule has 2 aromatic rings. The summed E-state index contributed by atoms with van der Waals surface area (Å²) in [5.74, 6) is 2.49. The summed E-state index contributed by atoms with van der Waals surface area (Å²) in [7, 11) is 0. The van der Waals surface area contributed by atoms with Crippen LogP contribution in [0.25, 0.3) is 11.3 Å². The van der Waals surface area contributed by atoms with Gasteiger partial charge in [-0.25, -0.2) is 0 Å². The van der Waals surface area contributed by atoms with Crippen molar-refractivity contribution in [2.24, 2.45) is 5.92 Å². The first kappa shape index (κ1) is 21.6. The van der Waals surface area contributed by atoms with E-state index in [-0.39, 0.29) is 24.8 Å². The van der Waals surface area contributed by atoms with Crippen LogP contribution in [0.1, 0.15) is 18.6 Å². The van der Waals surface area contributed by atoms with Crippen LogP contribution in [-0.4, -0.2) is 19.6 Å². The van der Waals surface area contributed by atoms with Crippen molar-refractivity contribution in [3.8, 4) is 11.3 Å². The molecular weight excluding hydrogens is 390 g/mol. The van der Waals surface area contributed by atoms with Crippen molar-refractivity contribution in [1.29, 1.82) is 0 Å². The molecule has 0 atom stereocenters. The monoisotopic (exact) mass is 410 g/mol. The second-order valence-corrected chi connectivity index (χ2v) is 6.62. The van der Waals surface area contributed by atoms with E-state index in [1.165, 1.54) is 12.8 Å². The molecule has 24 heavy (non-hydrogen) atoms. The van der Waals surface area contributed by atoms with Gasteiger partial charge in [0.15, 0.2) is 0 Å². The molecule has 1 fully saturated rings. The predicted octanol–water partition coefficient (Wildman–Crippen LogP) is 5.19. The van der Waals surface area contributed by atoms with Gasteiger partial charge in [-0.3, -0.25) is 0 Å². The largest absolute Gasteiger partial charge is 0.460 e. The van der Waals surface area contributed by atoms with E-state index in [1.54, 1.807) is 6.07 Å². The number of nitrogens with one attached hydrogen (secondary N) is 2. The Bertz CT molecular complexity index is 607. The second kappa shape index (κ2) is 10.5. The number of piperidine rings is 1. The molecule has 7 heteroatoms. The van der Waals surface area contributed by atoms with Crippen LogP contribution in [0, 0.1) is 5.92 Å². The average Bonchev–Trinajstić information content (AvgIpc) is 2.96. The van der Waals surface area contributed by atoms with Crippen LogP contribution in [0.4, 0.5) is 0 Å². The lowest BCUT2D eigenvalue weighted by Gasteiger charge is -2.22. The van der Waals surface area contributed by atoms with Gasteiger partial charge in [-0.15, -0.1) is 24.8 Å². The number of rotatable bonds is 5. The number of hydrogen-bond donors (Lipinski definition) is 2. The van der Waals surface area contributed by atoms with E-state index < -0.39 is 0 Å². The van der Waals surface area contributed by atoms with Crippen LogP contribution < -0.4 is 10.6 Å². The van der Waals surface area contributed by atoms with Gasteiger partial charge in [0.25, 0.3) is 0 Å². The molecule has 1 aliphatic rings. The summed E-state index contributed by atoms with van der Waals surface area (Å²) >= 11 is 12.1. The highest BCUT2D eigenvalue weighted by molar-refractivity contribution is 6.35. The van der Waals surface area contributed by atoms with E-state index >= 15 is 0 Å². The summed E-state index contributed by atoms with van der Waals surface area (Å²) in [6.07, 6.45) is 2.49. The van der Waals surface area contributed by atoms with Gasteiger partial charge in [-0.1, -0.05) is 23.2 Å². The Balaban J connectivity index is 0.00000144. The molecule has 1 aromatic heterocycles. The van der Waals surface area contributed by atoms with Crippen LogP contribution in [0.2, 0.25) is 10.0 Å². The summed E-state index contributed by atoms with van der Waals surface area (Å²) in [6, 6.07) is 9.40. The fourth-order valence-electron chi connectivity index (χ4n) is 2.81. The molecule has 1 saturated heterocycles. The van der Waals surface area contributed by atoms with Crippen molar-refractivity contribution >= 4 is 48.0 Å². The van der Waals surface area contributed by atoms with Crippen molar-refractivity contribution in [2.45, 2.75) is 19.4 Å². The zero-order valence-corrected chi connectivity index (χ0v) is 16.3. The zero-order valence-electron chi connectivity index (χ0n) is 13.2. The first-order chi connectivity index (χ1) is 10.7. The highest BCUT2D eigenvalue weighted by atomic mass is 35.5. The molecule has 3 rings (SSSR count). The van der Waals surface area contributed by atoms with Crippen LogP contribution in [0.3, 0.4) is 0 Å². The molecule has 0 unspecified atom stereocenters. The molecular formula is C17H22Cl4N2O. The van der Waals surface area contributed by atoms with Gasteiger partial charge in [0.2, 0.25) is 0 Å². The van der Waals surface area contributed by atoms with Crippen molar-refractivity contribution in [3.05, 3.63) is 46.1 Å². The standard InChI is InChI=1S/C17H20Cl2N2O.2ClH/c18-14-7-13(8-15(19)9-14)17-2-1-16(22-17)11-21-10-12-3-5-20-6-4-12;;/h1-2,7-9,12,20-21H,3-6,10-11H2;2*1H. The van der Waals surface area contributed by atoms with E-state index in [4.69, 9.17) is 27.6 Å². The second-order valence-electron chi connectivity index (χ2n) is 5.75. The quantitative estimate of drug-likeness (QED) is 0.710. The summed E-state index contributed by atoms with van der Waals surface area (Å²) in [5.41, 5.74) is 0.905. The Hall–Kier alpha value is -0.420. The Morgan fingerprint density at radius 1 is 1.04 bits per heavy atom. The van der Waals surface area contributed by atoms with Crippen molar-refractivity contribution < 1.29 is 4.42 Å². The van der Waals surface area contributed by atoms with E-state index in [1.807, 2.05) is 24.3 Å². The third-order valence-corrected chi connectivity index (χ3v) is 4.44. The van der Waals surface area contributed by atoms with E-state index in [9.17, 15) is 0 Å². The van der Waals surface area contributed by atoms with Gasteiger partial charge in [-0.2, -0.15) is 0 Å². The maximum atomic E-state index is 6.03. The normalized spacial score (nSPS) is 14.8. The number of halogens is 4. The lowest BCUT2D eigenvalue weighted by Crippen LogP contribution is -2.33. The van der Waals surface area contributed by atoms with E-state index in [0.717, 1.165) is 49.2 Å². The highest BCUT2D eigenvalue weighted by Gasteiger charge is 2.13. The maximum Gasteiger partial charge on any atom is 0.134 e. The minimum absolute atomic E-state index is 0. The third-order valence-electron chi connectivity index (χ3n) is 4.00. The molecule has 1 aromatic carbocycles. The minimum Gasteiger partial charge on any atom is -0.460 e. The molecule has 0 spiro atoms. The van der Waals surface area contributed by atoms with Crippen molar-refractivity contribution in [1.82, 2.24) is 10.6 Å². The first-order valence-corrected chi connectivity index (χ1v) is 8.43. The Morgan fingerprint density at radius 3 is 2.38 bits per heavy atom. The Morgan fingerprint density at radius 2 is 1.71 bits per heavy atom. The fraction of sp³-hybridized carbons (Fsp3) is 0.412. The minimum atomic E-state index is 0. The third kappa shape index (κ3) is 6.14. The highest BCUT2D eigenvalue weighted by Crippen LogP contribution is 2.28. The van der Waals surface area contributed by atoms with Gasteiger partial charge in [0, 0.05) is 15.6 Å². The first-order valence-electron chi connectivity index (χ1n) is 7.67. The molecule has 0 bridgehead atoms. The smallest absolute Gasteiger partial charge is 0.134 e. The zero-order chi connectivity index (χ0) is 15.4. The van der Waals surface area contributed by atoms with Crippen LogP contribution >= 0.6 is 48.0 Å². The van der Waals surface area contributed by atoms with Gasteiger partial charge < -0.3 is 15.1 Å². The van der Waals surface area contributed by atoms with Crippen molar-refractivity contribution in [2.75, 3.05) is 19.6 Å². The summed E-state index contributed by atoms with van der Waals surface area (Å²) in [4.78, 5) is 0. The molecule has 0 radical (unpaired) electrons. The Labute approximate surface area is 165 Å². The predicted molar refractivity (Wildman–Crippen MR) is 106 cm³/mol. The molecule has 0 aliphatic carbocycles. The van der Waals surface area contributed by atoms with Crippen LogP contribution in [-0.2, 0) is 6.54 Å². The van der Waals surface area contributed by atoms with Gasteiger partial charge in [-0.05, 0) is 68.7 Å². The van der Waals surface area contributed by atoms with Crippen LogP contribution in [0.15, 0.2) is 34.7 Å².